The maximum Gasteiger partial charge on any atom is 0.253 e. The largest absolute Gasteiger partial charge is 0.376 e. The molecular weight excluding hydrogens is 404 g/mol. The number of carbonyl (C=O) groups excluding carboxylic acids is 3. The van der Waals surface area contributed by atoms with Gasteiger partial charge in [0.1, 0.15) is 0 Å². The Kier molecular flexibility index (Phi) is 8.25. The van der Waals surface area contributed by atoms with Crippen LogP contribution in [0.3, 0.4) is 0 Å². The number of rotatable bonds is 8. The molecule has 1 heterocycles. The third-order valence-corrected chi connectivity index (χ3v) is 5.69. The van der Waals surface area contributed by atoms with Crippen molar-refractivity contribution in [2.45, 2.75) is 33.1 Å². The molecule has 0 radical (unpaired) electrons. The van der Waals surface area contributed by atoms with E-state index in [1.807, 2.05) is 30.9 Å². The van der Waals surface area contributed by atoms with E-state index < -0.39 is 0 Å². The van der Waals surface area contributed by atoms with E-state index in [1.54, 1.807) is 41.3 Å². The first kappa shape index (κ1) is 23.3. The van der Waals surface area contributed by atoms with E-state index >= 15 is 0 Å². The number of carbonyl (C=O) groups is 3. The van der Waals surface area contributed by atoms with Gasteiger partial charge in [-0.25, -0.2) is 0 Å². The van der Waals surface area contributed by atoms with Gasteiger partial charge in [-0.05, 0) is 81.6 Å². The lowest BCUT2D eigenvalue weighted by atomic mass is 10.1. The standard InChI is InChI=1S/C25H32N4O3/c1-3-28(4-2)24(31)19-10-14-22(15-11-19)27-23(30)18-26-21-12-8-20(9-13-21)25(32)29-16-6-5-7-17-29/h8-15,26H,3-7,16-18H2,1-2H3,(H,27,30). The summed E-state index contributed by atoms with van der Waals surface area (Å²) in [5.74, 6) is -0.144. The van der Waals surface area contributed by atoms with Crippen LogP contribution in [0.5, 0.6) is 0 Å². The molecule has 0 aromatic heterocycles. The molecule has 1 fully saturated rings. The van der Waals surface area contributed by atoms with Crippen LogP contribution in [0.15, 0.2) is 48.5 Å². The first-order valence-corrected chi connectivity index (χ1v) is 11.3. The minimum absolute atomic E-state index is 0.0169. The van der Waals surface area contributed by atoms with E-state index in [0.717, 1.165) is 31.6 Å². The zero-order chi connectivity index (χ0) is 22.9. The van der Waals surface area contributed by atoms with Gasteiger partial charge in [0.15, 0.2) is 0 Å². The van der Waals surface area contributed by atoms with Crippen molar-refractivity contribution in [2.24, 2.45) is 0 Å². The van der Waals surface area contributed by atoms with Gasteiger partial charge in [0.2, 0.25) is 5.91 Å². The molecule has 170 valence electrons. The topological polar surface area (TPSA) is 81.8 Å². The molecule has 0 aliphatic carbocycles. The quantitative estimate of drug-likeness (QED) is 0.659. The molecular formula is C25H32N4O3. The van der Waals surface area contributed by atoms with Gasteiger partial charge in [0, 0.05) is 48.7 Å². The van der Waals surface area contributed by atoms with E-state index in [-0.39, 0.29) is 24.3 Å². The molecule has 0 atom stereocenters. The molecule has 0 spiro atoms. The van der Waals surface area contributed by atoms with E-state index in [9.17, 15) is 14.4 Å². The van der Waals surface area contributed by atoms with E-state index in [4.69, 9.17) is 0 Å². The predicted octanol–water partition coefficient (Wildman–Crippen LogP) is 3.85. The molecule has 32 heavy (non-hydrogen) atoms. The first-order chi connectivity index (χ1) is 15.5. The summed E-state index contributed by atoms with van der Waals surface area (Å²) < 4.78 is 0. The molecule has 3 rings (SSSR count). The number of likely N-dealkylation sites (tertiary alicyclic amines) is 1. The molecule has 2 aromatic rings. The zero-order valence-corrected chi connectivity index (χ0v) is 18.9. The van der Waals surface area contributed by atoms with Crippen molar-refractivity contribution in [1.29, 1.82) is 0 Å². The molecule has 1 aliphatic rings. The summed E-state index contributed by atoms with van der Waals surface area (Å²) in [6.07, 6.45) is 3.32. The van der Waals surface area contributed by atoms with Gasteiger partial charge in [-0.15, -0.1) is 0 Å². The highest BCUT2D eigenvalue weighted by atomic mass is 16.2. The Balaban J connectivity index is 1.48. The SMILES string of the molecule is CCN(CC)C(=O)c1ccc(NC(=O)CNc2ccc(C(=O)N3CCCCC3)cc2)cc1. The average molecular weight is 437 g/mol. The Bertz CT molecular complexity index is 915. The summed E-state index contributed by atoms with van der Waals surface area (Å²) in [4.78, 5) is 40.8. The number of nitrogens with zero attached hydrogens (tertiary/aromatic N) is 2. The normalized spacial score (nSPS) is 13.4. The Morgan fingerprint density at radius 2 is 1.38 bits per heavy atom. The first-order valence-electron chi connectivity index (χ1n) is 11.3. The predicted molar refractivity (Wildman–Crippen MR) is 127 cm³/mol. The minimum Gasteiger partial charge on any atom is -0.376 e. The fourth-order valence-electron chi connectivity index (χ4n) is 3.79. The Morgan fingerprint density at radius 1 is 0.812 bits per heavy atom. The smallest absolute Gasteiger partial charge is 0.253 e. The van der Waals surface area contributed by atoms with Gasteiger partial charge in [-0.1, -0.05) is 0 Å². The van der Waals surface area contributed by atoms with Crippen molar-refractivity contribution in [2.75, 3.05) is 43.4 Å². The molecule has 3 amide bonds. The summed E-state index contributed by atoms with van der Waals surface area (Å²) in [6.45, 7) is 6.96. The maximum absolute atomic E-state index is 12.5. The average Bonchev–Trinajstić information content (AvgIpc) is 2.84. The number of amides is 3. The molecule has 1 aliphatic heterocycles. The lowest BCUT2D eigenvalue weighted by Gasteiger charge is -2.26. The second-order valence-corrected chi connectivity index (χ2v) is 7.89. The summed E-state index contributed by atoms with van der Waals surface area (Å²) in [5.41, 5.74) is 2.68. The molecule has 2 aromatic carbocycles. The van der Waals surface area contributed by atoms with E-state index in [2.05, 4.69) is 10.6 Å². The number of benzene rings is 2. The highest BCUT2D eigenvalue weighted by Crippen LogP contribution is 2.16. The van der Waals surface area contributed by atoms with Crippen LogP contribution in [-0.4, -0.2) is 60.2 Å². The number of piperidine rings is 1. The lowest BCUT2D eigenvalue weighted by molar-refractivity contribution is -0.114. The second-order valence-electron chi connectivity index (χ2n) is 7.89. The molecule has 1 saturated heterocycles. The number of anilines is 2. The third-order valence-electron chi connectivity index (χ3n) is 5.69. The highest BCUT2D eigenvalue weighted by molar-refractivity contribution is 5.97. The van der Waals surface area contributed by atoms with Gasteiger partial charge in [0.05, 0.1) is 6.54 Å². The summed E-state index contributed by atoms with van der Waals surface area (Å²) >= 11 is 0. The molecule has 7 nitrogen and oxygen atoms in total. The van der Waals surface area contributed by atoms with Crippen molar-refractivity contribution in [3.63, 3.8) is 0 Å². The summed E-state index contributed by atoms with van der Waals surface area (Å²) in [7, 11) is 0. The van der Waals surface area contributed by atoms with E-state index in [1.165, 1.54) is 6.42 Å². The van der Waals surface area contributed by atoms with Gasteiger partial charge in [0.25, 0.3) is 11.8 Å². The Hall–Kier alpha value is -3.35. The Labute approximate surface area is 189 Å². The van der Waals surface area contributed by atoms with Gasteiger partial charge >= 0.3 is 0 Å². The monoisotopic (exact) mass is 436 g/mol. The highest BCUT2D eigenvalue weighted by Gasteiger charge is 2.18. The van der Waals surface area contributed by atoms with Crippen LogP contribution in [-0.2, 0) is 4.79 Å². The van der Waals surface area contributed by atoms with Gasteiger partial charge in [-0.2, -0.15) is 0 Å². The van der Waals surface area contributed by atoms with Crippen LogP contribution in [0, 0.1) is 0 Å². The molecule has 2 N–H and O–H groups in total. The van der Waals surface area contributed by atoms with Crippen LogP contribution in [0.4, 0.5) is 11.4 Å². The molecule has 0 unspecified atom stereocenters. The fraction of sp³-hybridized carbons (Fsp3) is 0.400. The lowest BCUT2D eigenvalue weighted by Crippen LogP contribution is -2.35. The van der Waals surface area contributed by atoms with E-state index in [0.29, 0.717) is 29.9 Å². The van der Waals surface area contributed by atoms with Crippen molar-refractivity contribution < 1.29 is 14.4 Å². The van der Waals surface area contributed by atoms with Crippen LogP contribution in [0.2, 0.25) is 0 Å². The van der Waals surface area contributed by atoms with Crippen molar-refractivity contribution >= 4 is 29.1 Å². The number of hydrogen-bond acceptors (Lipinski definition) is 4. The molecule has 0 saturated carbocycles. The van der Waals surface area contributed by atoms with Crippen LogP contribution < -0.4 is 10.6 Å². The number of hydrogen-bond donors (Lipinski definition) is 2. The van der Waals surface area contributed by atoms with Gasteiger partial charge < -0.3 is 20.4 Å². The number of nitrogens with one attached hydrogen (secondary N) is 2. The van der Waals surface area contributed by atoms with Crippen molar-refractivity contribution in [3.05, 3.63) is 59.7 Å². The zero-order valence-electron chi connectivity index (χ0n) is 18.9. The maximum atomic E-state index is 12.5. The second kappa shape index (κ2) is 11.3. The summed E-state index contributed by atoms with van der Waals surface area (Å²) in [6, 6.07) is 14.1. The van der Waals surface area contributed by atoms with Crippen molar-refractivity contribution in [1.82, 2.24) is 9.80 Å². The minimum atomic E-state index is -0.193. The van der Waals surface area contributed by atoms with Crippen LogP contribution in [0.25, 0.3) is 0 Å². The van der Waals surface area contributed by atoms with Crippen LogP contribution >= 0.6 is 0 Å². The molecule has 7 heteroatoms. The van der Waals surface area contributed by atoms with Crippen LogP contribution in [0.1, 0.15) is 53.8 Å². The van der Waals surface area contributed by atoms with Gasteiger partial charge in [-0.3, -0.25) is 14.4 Å². The fourth-order valence-corrected chi connectivity index (χ4v) is 3.79. The van der Waals surface area contributed by atoms with Crippen molar-refractivity contribution in [3.8, 4) is 0 Å². The summed E-state index contributed by atoms with van der Waals surface area (Å²) in [5, 5.41) is 5.89. The molecule has 0 bridgehead atoms. The third kappa shape index (κ3) is 6.09. The Morgan fingerprint density at radius 3 is 1.97 bits per heavy atom.